The standard InChI is InChI=1S/C17H22N2O6S/c1-24-13-4-3-11(7-14(13)25-2)17(23)18-9-15(20)19-5-6-26-10-12(19)8-16(21)22/h3-4,7,12H,5-6,8-10H2,1-2H3,(H,18,23)(H,21,22). The van der Waals surface area contributed by atoms with E-state index >= 15 is 0 Å². The molecule has 8 nitrogen and oxygen atoms in total. The molecule has 142 valence electrons. The third-order valence-electron chi connectivity index (χ3n) is 4.00. The number of nitrogens with zero attached hydrogens (tertiary/aromatic N) is 1. The zero-order chi connectivity index (χ0) is 19.1. The highest BCUT2D eigenvalue weighted by molar-refractivity contribution is 7.99. The maximum absolute atomic E-state index is 12.4. The fourth-order valence-electron chi connectivity index (χ4n) is 2.69. The Morgan fingerprint density at radius 2 is 2.00 bits per heavy atom. The summed E-state index contributed by atoms with van der Waals surface area (Å²) in [5.74, 6) is 0.617. The van der Waals surface area contributed by atoms with Crippen molar-refractivity contribution in [2.24, 2.45) is 0 Å². The van der Waals surface area contributed by atoms with E-state index in [0.717, 1.165) is 5.75 Å². The number of carboxylic acid groups (broad SMARTS) is 1. The summed E-state index contributed by atoms with van der Waals surface area (Å²) in [5.41, 5.74) is 0.340. The number of nitrogens with one attached hydrogen (secondary N) is 1. The van der Waals surface area contributed by atoms with Crippen molar-refractivity contribution >= 4 is 29.5 Å². The SMILES string of the molecule is COc1ccc(C(=O)NCC(=O)N2CCSCC2CC(=O)O)cc1OC. The molecule has 1 aromatic carbocycles. The largest absolute Gasteiger partial charge is 0.493 e. The molecule has 0 saturated carbocycles. The van der Waals surface area contributed by atoms with Crippen LogP contribution in [-0.4, -0.2) is 72.6 Å². The van der Waals surface area contributed by atoms with Gasteiger partial charge in [0.2, 0.25) is 5.91 Å². The molecule has 1 heterocycles. The maximum Gasteiger partial charge on any atom is 0.305 e. The van der Waals surface area contributed by atoms with Gasteiger partial charge in [0, 0.05) is 23.6 Å². The van der Waals surface area contributed by atoms with E-state index in [9.17, 15) is 14.4 Å². The van der Waals surface area contributed by atoms with Crippen molar-refractivity contribution in [2.75, 3.05) is 38.8 Å². The number of methoxy groups -OCH3 is 2. The summed E-state index contributed by atoms with van der Waals surface area (Å²) in [4.78, 5) is 37.2. The number of carbonyl (C=O) groups excluding carboxylic acids is 2. The van der Waals surface area contributed by atoms with E-state index in [2.05, 4.69) is 5.32 Å². The van der Waals surface area contributed by atoms with E-state index in [1.165, 1.54) is 20.3 Å². The highest BCUT2D eigenvalue weighted by Gasteiger charge is 2.28. The molecule has 26 heavy (non-hydrogen) atoms. The minimum atomic E-state index is -0.940. The molecule has 1 aliphatic rings. The normalized spacial score (nSPS) is 16.7. The second-order valence-electron chi connectivity index (χ2n) is 5.67. The number of benzene rings is 1. The first-order valence-electron chi connectivity index (χ1n) is 8.05. The lowest BCUT2D eigenvalue weighted by Gasteiger charge is -2.34. The van der Waals surface area contributed by atoms with Gasteiger partial charge in [-0.25, -0.2) is 0 Å². The van der Waals surface area contributed by atoms with Crippen LogP contribution in [0.4, 0.5) is 0 Å². The first kappa shape index (κ1) is 19.9. The molecule has 0 spiro atoms. The number of amides is 2. The highest BCUT2D eigenvalue weighted by Crippen LogP contribution is 2.27. The molecule has 0 radical (unpaired) electrons. The molecule has 2 amide bonds. The predicted octanol–water partition coefficient (Wildman–Crippen LogP) is 0.852. The Morgan fingerprint density at radius 3 is 2.65 bits per heavy atom. The van der Waals surface area contributed by atoms with Crippen LogP contribution in [0.2, 0.25) is 0 Å². The summed E-state index contributed by atoms with van der Waals surface area (Å²) < 4.78 is 10.3. The Labute approximate surface area is 155 Å². The lowest BCUT2D eigenvalue weighted by atomic mass is 10.1. The van der Waals surface area contributed by atoms with Crippen LogP contribution >= 0.6 is 11.8 Å². The number of thioether (sulfide) groups is 1. The van der Waals surface area contributed by atoms with Crippen LogP contribution in [0.25, 0.3) is 0 Å². The van der Waals surface area contributed by atoms with Gasteiger partial charge in [-0.3, -0.25) is 14.4 Å². The van der Waals surface area contributed by atoms with Gasteiger partial charge in [-0.1, -0.05) is 0 Å². The monoisotopic (exact) mass is 382 g/mol. The van der Waals surface area contributed by atoms with Crippen molar-refractivity contribution < 1.29 is 29.0 Å². The van der Waals surface area contributed by atoms with E-state index in [0.29, 0.717) is 29.4 Å². The summed E-state index contributed by atoms with van der Waals surface area (Å²) in [6.45, 7) is 0.293. The maximum atomic E-state index is 12.4. The Morgan fingerprint density at radius 1 is 1.27 bits per heavy atom. The molecule has 9 heteroatoms. The summed E-state index contributed by atoms with van der Waals surface area (Å²) in [7, 11) is 2.97. The zero-order valence-electron chi connectivity index (χ0n) is 14.7. The van der Waals surface area contributed by atoms with Crippen molar-refractivity contribution in [2.45, 2.75) is 12.5 Å². The van der Waals surface area contributed by atoms with Crippen molar-refractivity contribution in [3.8, 4) is 11.5 Å². The fourth-order valence-corrected chi connectivity index (χ4v) is 3.75. The summed E-state index contributed by atoms with van der Waals surface area (Å²) >= 11 is 1.62. The lowest BCUT2D eigenvalue weighted by Crippen LogP contribution is -2.50. The van der Waals surface area contributed by atoms with Crippen LogP contribution in [-0.2, 0) is 9.59 Å². The van der Waals surface area contributed by atoms with Gasteiger partial charge in [0.15, 0.2) is 11.5 Å². The first-order chi connectivity index (χ1) is 12.5. The molecule has 0 bridgehead atoms. The van der Waals surface area contributed by atoms with E-state index in [1.807, 2.05) is 0 Å². The molecule has 1 fully saturated rings. The van der Waals surface area contributed by atoms with Crippen molar-refractivity contribution in [3.63, 3.8) is 0 Å². The number of ether oxygens (including phenoxy) is 2. The number of carbonyl (C=O) groups is 3. The van der Waals surface area contributed by atoms with Gasteiger partial charge in [-0.05, 0) is 18.2 Å². The van der Waals surface area contributed by atoms with Gasteiger partial charge in [-0.2, -0.15) is 11.8 Å². The second kappa shape index (κ2) is 9.33. The van der Waals surface area contributed by atoms with Gasteiger partial charge in [0.25, 0.3) is 5.91 Å². The van der Waals surface area contributed by atoms with Gasteiger partial charge >= 0.3 is 5.97 Å². The first-order valence-corrected chi connectivity index (χ1v) is 9.21. The van der Waals surface area contributed by atoms with E-state index in [4.69, 9.17) is 14.6 Å². The van der Waals surface area contributed by atoms with Crippen LogP contribution in [0.15, 0.2) is 18.2 Å². The van der Waals surface area contributed by atoms with Crippen molar-refractivity contribution in [1.82, 2.24) is 10.2 Å². The Hall–Kier alpha value is -2.42. The molecule has 1 unspecified atom stereocenters. The number of carboxylic acids is 1. The minimum absolute atomic E-state index is 0.0949. The summed E-state index contributed by atoms with van der Waals surface area (Å²) in [5, 5.41) is 11.6. The summed E-state index contributed by atoms with van der Waals surface area (Å²) in [6, 6.07) is 4.37. The number of hydrogen-bond donors (Lipinski definition) is 2. The van der Waals surface area contributed by atoms with Gasteiger partial charge in [-0.15, -0.1) is 0 Å². The number of rotatable bonds is 7. The highest BCUT2D eigenvalue weighted by atomic mass is 32.2. The van der Waals surface area contributed by atoms with Crippen LogP contribution in [0, 0.1) is 0 Å². The minimum Gasteiger partial charge on any atom is -0.493 e. The molecular formula is C17H22N2O6S. The number of hydrogen-bond acceptors (Lipinski definition) is 6. The quantitative estimate of drug-likeness (QED) is 0.720. The molecule has 1 atom stereocenters. The topological polar surface area (TPSA) is 105 Å². The molecule has 0 aromatic heterocycles. The molecule has 0 aliphatic carbocycles. The summed E-state index contributed by atoms with van der Waals surface area (Å²) in [6.07, 6.45) is -0.0949. The molecular weight excluding hydrogens is 360 g/mol. The zero-order valence-corrected chi connectivity index (χ0v) is 15.5. The van der Waals surface area contributed by atoms with Crippen LogP contribution in [0.3, 0.4) is 0 Å². The molecule has 2 N–H and O–H groups in total. The van der Waals surface area contributed by atoms with E-state index in [-0.39, 0.29) is 24.9 Å². The smallest absolute Gasteiger partial charge is 0.305 e. The third kappa shape index (κ3) is 5.04. The number of aliphatic carboxylic acids is 1. The van der Waals surface area contributed by atoms with Crippen molar-refractivity contribution in [3.05, 3.63) is 23.8 Å². The third-order valence-corrected chi connectivity index (χ3v) is 5.10. The average molecular weight is 382 g/mol. The average Bonchev–Trinajstić information content (AvgIpc) is 2.65. The predicted molar refractivity (Wildman–Crippen MR) is 97.0 cm³/mol. The van der Waals surface area contributed by atoms with Gasteiger partial charge in [0.05, 0.1) is 33.2 Å². The Kier molecular flexibility index (Phi) is 7.14. The van der Waals surface area contributed by atoms with E-state index < -0.39 is 11.9 Å². The molecule has 1 aliphatic heterocycles. The van der Waals surface area contributed by atoms with E-state index in [1.54, 1.807) is 28.8 Å². The second-order valence-corrected chi connectivity index (χ2v) is 6.82. The Bertz CT molecular complexity index is 681. The van der Waals surface area contributed by atoms with Crippen LogP contribution < -0.4 is 14.8 Å². The Balaban J connectivity index is 1.97. The van der Waals surface area contributed by atoms with Crippen molar-refractivity contribution in [1.29, 1.82) is 0 Å². The molecule has 2 rings (SSSR count). The molecule has 1 aromatic rings. The van der Waals surface area contributed by atoms with Gasteiger partial charge in [0.1, 0.15) is 0 Å². The lowest BCUT2D eigenvalue weighted by molar-refractivity contribution is -0.140. The molecule has 1 saturated heterocycles. The fraction of sp³-hybridized carbons (Fsp3) is 0.471. The van der Waals surface area contributed by atoms with Crippen LogP contribution in [0.5, 0.6) is 11.5 Å². The van der Waals surface area contributed by atoms with Crippen LogP contribution in [0.1, 0.15) is 16.8 Å². The van der Waals surface area contributed by atoms with Gasteiger partial charge < -0.3 is 24.8 Å².